The van der Waals surface area contributed by atoms with E-state index < -0.39 is 0 Å². The predicted molar refractivity (Wildman–Crippen MR) is 78.7 cm³/mol. The maximum Gasteiger partial charge on any atom is 0.0622 e. The van der Waals surface area contributed by atoms with Crippen LogP contribution in [0.4, 0.5) is 0 Å². The number of morpholine rings is 1. The van der Waals surface area contributed by atoms with Crippen molar-refractivity contribution in [1.29, 1.82) is 0 Å². The summed E-state index contributed by atoms with van der Waals surface area (Å²) in [5.74, 6) is 0. The Morgan fingerprint density at radius 3 is 2.85 bits per heavy atom. The summed E-state index contributed by atoms with van der Waals surface area (Å²) in [4.78, 5) is 11.5. The Hall–Kier alpha value is -1.00. The van der Waals surface area contributed by atoms with Crippen molar-refractivity contribution in [2.24, 2.45) is 0 Å². The van der Waals surface area contributed by atoms with Gasteiger partial charge in [-0.25, -0.2) is 0 Å². The summed E-state index contributed by atoms with van der Waals surface area (Å²) in [5, 5.41) is 0. The van der Waals surface area contributed by atoms with Crippen molar-refractivity contribution < 1.29 is 4.74 Å². The number of aryl methyl sites for hydroxylation is 2. The zero-order valence-corrected chi connectivity index (χ0v) is 12.4. The average molecular weight is 275 g/mol. The molecule has 1 saturated carbocycles. The molecule has 2 fully saturated rings. The molecule has 4 heteroatoms. The molecule has 1 aromatic heterocycles. The van der Waals surface area contributed by atoms with E-state index in [4.69, 9.17) is 4.74 Å². The quantitative estimate of drug-likeness (QED) is 0.845. The van der Waals surface area contributed by atoms with Crippen molar-refractivity contribution >= 4 is 0 Å². The first kappa shape index (κ1) is 14.0. The lowest BCUT2D eigenvalue weighted by molar-refractivity contribution is -0.0303. The first-order valence-electron chi connectivity index (χ1n) is 7.94. The van der Waals surface area contributed by atoms with Crippen molar-refractivity contribution in [3.05, 3.63) is 23.8 Å². The molecule has 2 heterocycles. The van der Waals surface area contributed by atoms with Crippen LogP contribution in [0, 0.1) is 6.92 Å². The van der Waals surface area contributed by atoms with Crippen LogP contribution in [0.15, 0.2) is 12.4 Å². The molecule has 0 amide bonds. The van der Waals surface area contributed by atoms with Gasteiger partial charge in [0, 0.05) is 31.0 Å². The number of ether oxygens (including phenoxy) is 1. The van der Waals surface area contributed by atoms with Gasteiger partial charge in [0.1, 0.15) is 0 Å². The maximum absolute atomic E-state index is 5.71. The highest BCUT2D eigenvalue weighted by Crippen LogP contribution is 2.27. The summed E-state index contributed by atoms with van der Waals surface area (Å²) in [6.07, 6.45) is 11.3. The van der Waals surface area contributed by atoms with Crippen LogP contribution in [0.1, 0.15) is 43.5 Å². The Kier molecular flexibility index (Phi) is 4.63. The molecule has 110 valence electrons. The number of nitrogens with zero attached hydrogens (tertiary/aromatic N) is 3. The Bertz CT molecular complexity index is 431. The van der Waals surface area contributed by atoms with E-state index in [1.54, 1.807) is 12.4 Å². The Morgan fingerprint density at radius 2 is 2.05 bits per heavy atom. The van der Waals surface area contributed by atoms with Gasteiger partial charge >= 0.3 is 0 Å². The first-order valence-corrected chi connectivity index (χ1v) is 7.94. The Balaban J connectivity index is 1.60. The number of hydrogen-bond donors (Lipinski definition) is 0. The molecule has 20 heavy (non-hydrogen) atoms. The molecule has 0 spiro atoms. The molecule has 1 aliphatic carbocycles. The molecular formula is C16H25N3O. The third-order valence-electron chi connectivity index (χ3n) is 4.76. The molecule has 0 radical (unpaired) electrons. The SMILES string of the molecule is Cc1nccnc1CCC1COCCN1C1CCCC1. The predicted octanol–water partition coefficient (Wildman–Crippen LogP) is 2.36. The molecule has 1 unspecified atom stereocenters. The molecule has 1 aliphatic heterocycles. The molecule has 3 rings (SSSR count). The van der Waals surface area contributed by atoms with Gasteiger partial charge in [-0.3, -0.25) is 14.9 Å². The highest BCUT2D eigenvalue weighted by molar-refractivity contribution is 5.08. The summed E-state index contributed by atoms with van der Waals surface area (Å²) in [7, 11) is 0. The highest BCUT2D eigenvalue weighted by Gasteiger charge is 2.30. The molecule has 0 N–H and O–H groups in total. The van der Waals surface area contributed by atoms with E-state index in [0.29, 0.717) is 6.04 Å². The largest absolute Gasteiger partial charge is 0.378 e. The van der Waals surface area contributed by atoms with Gasteiger partial charge in [-0.1, -0.05) is 12.8 Å². The van der Waals surface area contributed by atoms with Crippen LogP contribution in [0.5, 0.6) is 0 Å². The minimum atomic E-state index is 0.563. The normalized spacial score (nSPS) is 25.1. The van der Waals surface area contributed by atoms with E-state index in [2.05, 4.69) is 21.8 Å². The summed E-state index contributed by atoms with van der Waals surface area (Å²) >= 11 is 0. The van der Waals surface area contributed by atoms with E-state index in [-0.39, 0.29) is 0 Å². The topological polar surface area (TPSA) is 38.3 Å². The molecule has 1 saturated heterocycles. The van der Waals surface area contributed by atoms with Gasteiger partial charge in [-0.15, -0.1) is 0 Å². The fraction of sp³-hybridized carbons (Fsp3) is 0.750. The van der Waals surface area contributed by atoms with Crippen LogP contribution >= 0.6 is 0 Å². The van der Waals surface area contributed by atoms with E-state index in [1.807, 2.05) is 0 Å². The van der Waals surface area contributed by atoms with Crippen molar-refractivity contribution in [1.82, 2.24) is 14.9 Å². The van der Waals surface area contributed by atoms with E-state index in [9.17, 15) is 0 Å². The third-order valence-corrected chi connectivity index (χ3v) is 4.76. The lowest BCUT2D eigenvalue weighted by Gasteiger charge is -2.39. The van der Waals surface area contributed by atoms with Crippen molar-refractivity contribution in [3.63, 3.8) is 0 Å². The second kappa shape index (κ2) is 6.64. The van der Waals surface area contributed by atoms with E-state index in [1.165, 1.54) is 25.7 Å². The fourth-order valence-corrected chi connectivity index (χ4v) is 3.62. The molecule has 4 nitrogen and oxygen atoms in total. The van der Waals surface area contributed by atoms with Gasteiger partial charge in [-0.05, 0) is 32.6 Å². The first-order chi connectivity index (χ1) is 9.84. The average Bonchev–Trinajstić information content (AvgIpc) is 3.01. The van der Waals surface area contributed by atoms with Crippen LogP contribution in [0.2, 0.25) is 0 Å². The summed E-state index contributed by atoms with van der Waals surface area (Å²) in [6, 6.07) is 1.36. The number of rotatable bonds is 4. The lowest BCUT2D eigenvalue weighted by atomic mass is 10.0. The van der Waals surface area contributed by atoms with Gasteiger partial charge in [0.25, 0.3) is 0 Å². The third kappa shape index (κ3) is 3.18. The zero-order valence-electron chi connectivity index (χ0n) is 12.4. The molecular weight excluding hydrogens is 250 g/mol. The van der Waals surface area contributed by atoms with Gasteiger partial charge in [0.05, 0.1) is 24.6 Å². The van der Waals surface area contributed by atoms with Crippen molar-refractivity contribution in [3.8, 4) is 0 Å². The van der Waals surface area contributed by atoms with E-state index in [0.717, 1.165) is 50.0 Å². The van der Waals surface area contributed by atoms with Gasteiger partial charge in [-0.2, -0.15) is 0 Å². The molecule has 2 aliphatic rings. The monoisotopic (exact) mass is 275 g/mol. The van der Waals surface area contributed by atoms with Crippen LogP contribution in [0.25, 0.3) is 0 Å². The van der Waals surface area contributed by atoms with Crippen LogP contribution in [-0.2, 0) is 11.2 Å². The maximum atomic E-state index is 5.71. The summed E-state index contributed by atoms with van der Waals surface area (Å²) in [6.45, 7) is 4.94. The smallest absolute Gasteiger partial charge is 0.0622 e. The van der Waals surface area contributed by atoms with Gasteiger partial charge in [0.15, 0.2) is 0 Å². The van der Waals surface area contributed by atoms with Gasteiger partial charge in [0.2, 0.25) is 0 Å². The Labute approximate surface area is 121 Å². The van der Waals surface area contributed by atoms with Gasteiger partial charge < -0.3 is 4.74 Å². The standard InChI is InChI=1S/C16H25N3O/c1-13-16(18-9-8-17-13)7-6-15-12-20-11-10-19(15)14-4-2-3-5-14/h8-9,14-15H,2-7,10-12H2,1H3. The van der Waals surface area contributed by atoms with Crippen LogP contribution < -0.4 is 0 Å². The minimum absolute atomic E-state index is 0.563. The number of aromatic nitrogens is 2. The van der Waals surface area contributed by atoms with E-state index >= 15 is 0 Å². The molecule has 1 aromatic rings. The lowest BCUT2D eigenvalue weighted by Crippen LogP contribution is -2.50. The summed E-state index contributed by atoms with van der Waals surface area (Å²) in [5.41, 5.74) is 2.21. The molecule has 1 atom stereocenters. The van der Waals surface area contributed by atoms with Crippen LogP contribution in [0.3, 0.4) is 0 Å². The second-order valence-electron chi connectivity index (χ2n) is 6.03. The van der Waals surface area contributed by atoms with Crippen LogP contribution in [-0.4, -0.2) is 46.7 Å². The summed E-state index contributed by atoms with van der Waals surface area (Å²) < 4.78 is 5.71. The molecule has 0 bridgehead atoms. The minimum Gasteiger partial charge on any atom is -0.378 e. The molecule has 0 aromatic carbocycles. The Morgan fingerprint density at radius 1 is 1.25 bits per heavy atom. The number of hydrogen-bond acceptors (Lipinski definition) is 4. The second-order valence-corrected chi connectivity index (χ2v) is 6.03. The highest BCUT2D eigenvalue weighted by atomic mass is 16.5. The van der Waals surface area contributed by atoms with Crippen molar-refractivity contribution in [2.45, 2.75) is 57.5 Å². The fourth-order valence-electron chi connectivity index (χ4n) is 3.62. The van der Waals surface area contributed by atoms with Crippen molar-refractivity contribution in [2.75, 3.05) is 19.8 Å². The zero-order chi connectivity index (χ0) is 13.8.